The fourth-order valence-corrected chi connectivity index (χ4v) is 3.01. The normalized spacial score (nSPS) is 22.9. The van der Waals surface area contributed by atoms with Crippen LogP contribution in [0.15, 0.2) is 28.8 Å². The van der Waals surface area contributed by atoms with Crippen LogP contribution in [0.3, 0.4) is 0 Å². The first-order valence-corrected chi connectivity index (χ1v) is 7.43. The van der Waals surface area contributed by atoms with E-state index >= 15 is 0 Å². The van der Waals surface area contributed by atoms with Crippen molar-refractivity contribution in [2.45, 2.75) is 31.6 Å². The molecule has 4 nitrogen and oxygen atoms in total. The first-order valence-electron chi connectivity index (χ1n) is 7.05. The first-order chi connectivity index (χ1) is 9.75. The molecule has 106 valence electrons. The summed E-state index contributed by atoms with van der Waals surface area (Å²) in [5, 5.41) is 8.19. The van der Waals surface area contributed by atoms with Gasteiger partial charge in [0.25, 0.3) is 0 Å². The smallest absolute Gasteiger partial charge is 0.234 e. The minimum Gasteiger partial charge on any atom is -0.338 e. The number of nitrogens with one attached hydrogen (secondary N) is 1. The van der Waals surface area contributed by atoms with Crippen LogP contribution < -0.4 is 5.32 Å². The maximum Gasteiger partial charge on any atom is 0.234 e. The molecule has 1 saturated heterocycles. The Hall–Kier alpha value is -1.39. The molecule has 0 radical (unpaired) electrons. The van der Waals surface area contributed by atoms with Gasteiger partial charge in [0.1, 0.15) is 0 Å². The standard InChI is InChI=1S/C15H18ClN3O/c1-2-15(8-5-9-17-10-15)14-18-13(19-20-14)11-6-3-4-7-12(11)16/h3-4,6-7,17H,2,5,8-10H2,1H3. The number of aromatic nitrogens is 2. The van der Waals surface area contributed by atoms with E-state index in [1.165, 1.54) is 0 Å². The summed E-state index contributed by atoms with van der Waals surface area (Å²) in [7, 11) is 0. The number of rotatable bonds is 3. The molecule has 0 aliphatic carbocycles. The zero-order chi connectivity index (χ0) is 14.0. The highest BCUT2D eigenvalue weighted by atomic mass is 35.5. The third-order valence-corrected chi connectivity index (χ3v) is 4.47. The maximum absolute atomic E-state index is 6.19. The lowest BCUT2D eigenvalue weighted by Gasteiger charge is -2.33. The average Bonchev–Trinajstić information content (AvgIpc) is 2.98. The van der Waals surface area contributed by atoms with Gasteiger partial charge in [-0.05, 0) is 37.9 Å². The topological polar surface area (TPSA) is 51.0 Å². The molecule has 1 aromatic carbocycles. The summed E-state index contributed by atoms with van der Waals surface area (Å²) < 4.78 is 5.55. The molecule has 0 spiro atoms. The Morgan fingerprint density at radius 2 is 2.25 bits per heavy atom. The second kappa shape index (κ2) is 5.54. The summed E-state index contributed by atoms with van der Waals surface area (Å²) >= 11 is 6.19. The summed E-state index contributed by atoms with van der Waals surface area (Å²) in [4.78, 5) is 4.61. The van der Waals surface area contributed by atoms with Crippen LogP contribution in [0.1, 0.15) is 32.1 Å². The molecule has 1 N–H and O–H groups in total. The zero-order valence-corrected chi connectivity index (χ0v) is 12.3. The van der Waals surface area contributed by atoms with E-state index in [2.05, 4.69) is 22.4 Å². The van der Waals surface area contributed by atoms with Crippen LogP contribution in [0.5, 0.6) is 0 Å². The molecule has 0 saturated carbocycles. The number of nitrogens with zero attached hydrogens (tertiary/aromatic N) is 2. The van der Waals surface area contributed by atoms with Gasteiger partial charge in [-0.15, -0.1) is 0 Å². The van der Waals surface area contributed by atoms with E-state index in [1.807, 2.05) is 24.3 Å². The van der Waals surface area contributed by atoms with E-state index in [0.717, 1.165) is 43.8 Å². The van der Waals surface area contributed by atoms with Gasteiger partial charge in [-0.2, -0.15) is 4.98 Å². The van der Waals surface area contributed by atoms with Gasteiger partial charge in [0, 0.05) is 12.1 Å². The van der Waals surface area contributed by atoms with Crippen molar-refractivity contribution in [1.29, 1.82) is 0 Å². The average molecular weight is 292 g/mol. The largest absolute Gasteiger partial charge is 0.338 e. The molecule has 1 unspecified atom stereocenters. The third-order valence-electron chi connectivity index (χ3n) is 4.14. The Labute approximate surface area is 123 Å². The van der Waals surface area contributed by atoms with Crippen LogP contribution in [0.2, 0.25) is 5.02 Å². The van der Waals surface area contributed by atoms with Crippen molar-refractivity contribution in [1.82, 2.24) is 15.5 Å². The van der Waals surface area contributed by atoms with Crippen molar-refractivity contribution in [2.75, 3.05) is 13.1 Å². The van der Waals surface area contributed by atoms with Crippen LogP contribution >= 0.6 is 11.6 Å². The van der Waals surface area contributed by atoms with Gasteiger partial charge in [-0.3, -0.25) is 0 Å². The molecular formula is C15H18ClN3O. The summed E-state index contributed by atoms with van der Waals surface area (Å²) in [6, 6.07) is 7.57. The van der Waals surface area contributed by atoms with Gasteiger partial charge in [0.2, 0.25) is 11.7 Å². The monoisotopic (exact) mass is 291 g/mol. The van der Waals surface area contributed by atoms with Crippen LogP contribution in [0.25, 0.3) is 11.4 Å². The lowest BCUT2D eigenvalue weighted by Crippen LogP contribution is -2.43. The second-order valence-corrected chi connectivity index (χ2v) is 5.72. The Balaban J connectivity index is 1.95. The van der Waals surface area contributed by atoms with E-state index in [0.29, 0.717) is 10.8 Å². The van der Waals surface area contributed by atoms with Crippen molar-refractivity contribution in [3.05, 3.63) is 35.2 Å². The van der Waals surface area contributed by atoms with Crippen LogP contribution in [-0.4, -0.2) is 23.2 Å². The van der Waals surface area contributed by atoms with Crippen molar-refractivity contribution >= 4 is 11.6 Å². The minimum absolute atomic E-state index is 0.0369. The SMILES string of the molecule is CCC1(c2nc(-c3ccccc3Cl)no2)CCCNC1. The van der Waals surface area contributed by atoms with E-state index in [1.54, 1.807) is 0 Å². The van der Waals surface area contributed by atoms with Crippen LogP contribution in [0.4, 0.5) is 0 Å². The van der Waals surface area contributed by atoms with Crippen molar-refractivity contribution in [3.63, 3.8) is 0 Å². The number of halogens is 1. The Kier molecular flexibility index (Phi) is 3.76. The third kappa shape index (κ3) is 2.34. The summed E-state index contributed by atoms with van der Waals surface area (Å²) in [6.45, 7) is 4.13. The molecule has 0 amide bonds. The molecule has 0 bridgehead atoms. The van der Waals surface area contributed by atoms with Gasteiger partial charge >= 0.3 is 0 Å². The lowest BCUT2D eigenvalue weighted by molar-refractivity contribution is 0.221. The molecule has 1 fully saturated rings. The lowest BCUT2D eigenvalue weighted by atomic mass is 9.78. The number of hydrogen-bond donors (Lipinski definition) is 1. The maximum atomic E-state index is 6.19. The molecular weight excluding hydrogens is 274 g/mol. The van der Waals surface area contributed by atoms with Crippen LogP contribution in [-0.2, 0) is 5.41 Å². The zero-order valence-electron chi connectivity index (χ0n) is 11.5. The molecule has 2 aromatic rings. The molecule has 1 aromatic heterocycles. The summed E-state index contributed by atoms with van der Waals surface area (Å²) in [5.41, 5.74) is 0.782. The van der Waals surface area contributed by atoms with Gasteiger partial charge in [0.05, 0.1) is 10.4 Å². The highest BCUT2D eigenvalue weighted by Crippen LogP contribution is 2.35. The van der Waals surface area contributed by atoms with E-state index in [-0.39, 0.29) is 5.41 Å². The molecule has 1 atom stereocenters. The quantitative estimate of drug-likeness (QED) is 0.941. The Bertz CT molecular complexity index is 590. The van der Waals surface area contributed by atoms with E-state index < -0.39 is 0 Å². The first kappa shape index (κ1) is 13.6. The Morgan fingerprint density at radius 1 is 1.40 bits per heavy atom. The number of piperidine rings is 1. The van der Waals surface area contributed by atoms with Crippen LogP contribution in [0, 0.1) is 0 Å². The fourth-order valence-electron chi connectivity index (χ4n) is 2.79. The molecule has 2 heterocycles. The summed E-state index contributed by atoms with van der Waals surface area (Å²) in [5.74, 6) is 1.30. The van der Waals surface area contributed by atoms with Gasteiger partial charge < -0.3 is 9.84 Å². The summed E-state index contributed by atoms with van der Waals surface area (Å²) in [6.07, 6.45) is 3.21. The van der Waals surface area contributed by atoms with E-state index in [9.17, 15) is 0 Å². The highest BCUT2D eigenvalue weighted by Gasteiger charge is 2.37. The second-order valence-electron chi connectivity index (χ2n) is 5.32. The van der Waals surface area contributed by atoms with E-state index in [4.69, 9.17) is 16.1 Å². The predicted molar refractivity (Wildman–Crippen MR) is 78.8 cm³/mol. The molecule has 5 heteroatoms. The number of benzene rings is 1. The minimum atomic E-state index is -0.0369. The van der Waals surface area contributed by atoms with Crippen molar-refractivity contribution < 1.29 is 4.52 Å². The van der Waals surface area contributed by atoms with Gasteiger partial charge in [-0.1, -0.05) is 35.8 Å². The fraction of sp³-hybridized carbons (Fsp3) is 0.467. The molecule has 1 aliphatic rings. The molecule has 20 heavy (non-hydrogen) atoms. The van der Waals surface area contributed by atoms with Gasteiger partial charge in [0.15, 0.2) is 0 Å². The van der Waals surface area contributed by atoms with Crippen molar-refractivity contribution in [3.8, 4) is 11.4 Å². The molecule has 3 rings (SSSR count). The highest BCUT2D eigenvalue weighted by molar-refractivity contribution is 6.33. The predicted octanol–water partition coefficient (Wildman–Crippen LogP) is 3.42. The van der Waals surface area contributed by atoms with Gasteiger partial charge in [-0.25, -0.2) is 0 Å². The van der Waals surface area contributed by atoms with Crippen molar-refractivity contribution in [2.24, 2.45) is 0 Å². The Morgan fingerprint density at radius 3 is 2.95 bits per heavy atom. The molecule has 1 aliphatic heterocycles. The number of hydrogen-bond acceptors (Lipinski definition) is 4.